The van der Waals surface area contributed by atoms with Gasteiger partial charge in [0.1, 0.15) is 17.2 Å². The molecular weight excluding hydrogens is 342 g/mol. The minimum Gasteiger partial charge on any atom is -0.364 e. The lowest BCUT2D eigenvalue weighted by atomic mass is 9.82. The Labute approximate surface area is 161 Å². The molecule has 0 unspecified atom stereocenters. The second-order valence-corrected chi connectivity index (χ2v) is 9.43. The van der Waals surface area contributed by atoms with E-state index in [1.807, 2.05) is 24.3 Å². The van der Waals surface area contributed by atoms with E-state index in [1.54, 1.807) is 0 Å². The Morgan fingerprint density at radius 2 is 1.69 bits per heavy atom. The number of aromatic nitrogens is 2. The second-order valence-electron chi connectivity index (χ2n) is 8.99. The van der Waals surface area contributed by atoms with Crippen molar-refractivity contribution in [1.82, 2.24) is 9.38 Å². The third kappa shape index (κ3) is 4.21. The van der Waals surface area contributed by atoms with Gasteiger partial charge in [-0.05, 0) is 62.4 Å². The summed E-state index contributed by atoms with van der Waals surface area (Å²) in [5.41, 5.74) is 4.32. The highest BCUT2D eigenvalue weighted by Gasteiger charge is 2.28. The van der Waals surface area contributed by atoms with Gasteiger partial charge in [0.2, 0.25) is 0 Å². The molecule has 0 atom stereocenters. The van der Waals surface area contributed by atoms with Crippen LogP contribution < -0.4 is 5.32 Å². The Balaban J connectivity index is 2.12. The number of hydrogen-bond acceptors (Lipinski definition) is 2. The van der Waals surface area contributed by atoms with Crippen molar-refractivity contribution in [3.05, 3.63) is 53.2 Å². The van der Waals surface area contributed by atoms with Crippen LogP contribution in [0.2, 0.25) is 5.02 Å². The predicted octanol–water partition coefficient (Wildman–Crippen LogP) is 6.59. The number of imidazole rings is 1. The Hall–Kier alpha value is -2.00. The first-order chi connectivity index (χ1) is 12.0. The van der Waals surface area contributed by atoms with Gasteiger partial charge in [0.05, 0.1) is 0 Å². The van der Waals surface area contributed by atoms with E-state index in [2.05, 4.69) is 69.6 Å². The molecule has 0 bridgehead atoms. The van der Waals surface area contributed by atoms with E-state index in [9.17, 15) is 0 Å². The molecule has 3 aromatic rings. The van der Waals surface area contributed by atoms with E-state index >= 15 is 0 Å². The quantitative estimate of drug-likeness (QED) is 0.562. The molecule has 26 heavy (non-hydrogen) atoms. The van der Waals surface area contributed by atoms with Crippen molar-refractivity contribution in [2.24, 2.45) is 5.41 Å². The lowest BCUT2D eigenvalue weighted by molar-refractivity contribution is 0.302. The predicted molar refractivity (Wildman–Crippen MR) is 112 cm³/mol. The number of benzene rings is 1. The zero-order valence-corrected chi connectivity index (χ0v) is 17.3. The number of halogens is 1. The van der Waals surface area contributed by atoms with Crippen molar-refractivity contribution in [2.45, 2.75) is 53.5 Å². The lowest BCUT2D eigenvalue weighted by Gasteiger charge is -2.34. The molecule has 2 aromatic heterocycles. The van der Waals surface area contributed by atoms with Gasteiger partial charge in [-0.3, -0.25) is 4.40 Å². The van der Waals surface area contributed by atoms with Crippen LogP contribution in [0.1, 0.15) is 46.6 Å². The lowest BCUT2D eigenvalue weighted by Crippen LogP contribution is -2.36. The molecule has 0 spiro atoms. The highest BCUT2D eigenvalue weighted by atomic mass is 35.5. The van der Waals surface area contributed by atoms with Gasteiger partial charge in [0, 0.05) is 22.3 Å². The molecule has 0 saturated carbocycles. The van der Waals surface area contributed by atoms with Gasteiger partial charge in [0.15, 0.2) is 0 Å². The van der Waals surface area contributed by atoms with Crippen molar-refractivity contribution < 1.29 is 0 Å². The number of nitrogens with one attached hydrogen (secondary N) is 1. The van der Waals surface area contributed by atoms with Gasteiger partial charge in [-0.25, -0.2) is 4.98 Å². The molecule has 3 nitrogen and oxygen atoms in total. The largest absolute Gasteiger partial charge is 0.364 e. The number of anilines is 1. The van der Waals surface area contributed by atoms with Crippen molar-refractivity contribution in [3.8, 4) is 11.3 Å². The SMILES string of the molecule is Cc1ccn2c(NC(C)(C)CC(C)(C)C)c(-c3ccc(Cl)cc3)nc2c1. The summed E-state index contributed by atoms with van der Waals surface area (Å²) >= 11 is 6.08. The molecule has 1 N–H and O–H groups in total. The van der Waals surface area contributed by atoms with Crippen LogP contribution in [0, 0.1) is 12.3 Å². The number of fused-ring (bicyclic) bond motifs is 1. The molecule has 0 aliphatic heterocycles. The maximum Gasteiger partial charge on any atom is 0.139 e. The summed E-state index contributed by atoms with van der Waals surface area (Å²) < 4.78 is 2.14. The van der Waals surface area contributed by atoms with Gasteiger partial charge in [-0.1, -0.05) is 44.5 Å². The van der Waals surface area contributed by atoms with Crippen LogP contribution in [-0.4, -0.2) is 14.9 Å². The highest BCUT2D eigenvalue weighted by Crippen LogP contribution is 2.35. The van der Waals surface area contributed by atoms with E-state index in [4.69, 9.17) is 16.6 Å². The Morgan fingerprint density at radius 1 is 1.04 bits per heavy atom. The Bertz CT molecular complexity index is 915. The topological polar surface area (TPSA) is 29.3 Å². The molecule has 0 fully saturated rings. The standard InChI is InChI=1S/C22H28ClN3/c1-15-11-12-26-18(13-15)24-19(16-7-9-17(23)10-8-16)20(26)25-22(5,6)14-21(2,3)4/h7-13,25H,14H2,1-6H3. The highest BCUT2D eigenvalue weighted by molar-refractivity contribution is 6.30. The second kappa shape index (κ2) is 6.62. The molecule has 0 aliphatic rings. The van der Waals surface area contributed by atoms with Crippen LogP contribution in [0.25, 0.3) is 16.9 Å². The van der Waals surface area contributed by atoms with Crippen LogP contribution in [0.4, 0.5) is 5.82 Å². The minimum atomic E-state index is -0.0692. The van der Waals surface area contributed by atoms with Gasteiger partial charge in [-0.2, -0.15) is 0 Å². The molecule has 0 amide bonds. The van der Waals surface area contributed by atoms with Crippen LogP contribution in [-0.2, 0) is 0 Å². The number of aryl methyl sites for hydroxylation is 1. The molecule has 2 heterocycles. The number of hydrogen-bond donors (Lipinski definition) is 1. The molecule has 4 heteroatoms. The van der Waals surface area contributed by atoms with Crippen LogP contribution in [0.3, 0.4) is 0 Å². The van der Waals surface area contributed by atoms with Gasteiger partial charge < -0.3 is 5.32 Å². The summed E-state index contributed by atoms with van der Waals surface area (Å²) in [6, 6.07) is 12.1. The Kier molecular flexibility index (Phi) is 4.78. The van der Waals surface area contributed by atoms with Gasteiger partial charge >= 0.3 is 0 Å². The first kappa shape index (κ1) is 18.8. The third-order valence-electron chi connectivity index (χ3n) is 4.33. The summed E-state index contributed by atoms with van der Waals surface area (Å²) in [6.07, 6.45) is 3.13. The maximum absolute atomic E-state index is 6.08. The van der Waals surface area contributed by atoms with Crippen LogP contribution in [0.5, 0.6) is 0 Å². The molecule has 0 aliphatic carbocycles. The Morgan fingerprint density at radius 3 is 2.31 bits per heavy atom. The van der Waals surface area contributed by atoms with Crippen molar-refractivity contribution in [2.75, 3.05) is 5.32 Å². The fourth-order valence-corrected chi connectivity index (χ4v) is 3.89. The molecular formula is C22H28ClN3. The van der Waals surface area contributed by atoms with Crippen molar-refractivity contribution in [1.29, 1.82) is 0 Å². The summed E-state index contributed by atoms with van der Waals surface area (Å²) in [7, 11) is 0. The first-order valence-corrected chi connectivity index (χ1v) is 9.45. The fourth-order valence-electron chi connectivity index (χ4n) is 3.77. The number of nitrogens with zero attached hydrogens (tertiary/aromatic N) is 2. The van der Waals surface area contributed by atoms with Gasteiger partial charge in [-0.15, -0.1) is 0 Å². The van der Waals surface area contributed by atoms with E-state index < -0.39 is 0 Å². The van der Waals surface area contributed by atoms with Crippen molar-refractivity contribution >= 4 is 23.1 Å². The summed E-state index contributed by atoms with van der Waals surface area (Å²) in [4.78, 5) is 4.91. The zero-order chi connectivity index (χ0) is 19.1. The molecule has 3 rings (SSSR count). The maximum atomic E-state index is 6.08. The van der Waals surface area contributed by atoms with Gasteiger partial charge in [0.25, 0.3) is 0 Å². The smallest absolute Gasteiger partial charge is 0.139 e. The summed E-state index contributed by atoms with van der Waals surface area (Å²) in [5, 5.41) is 4.50. The average molecular weight is 370 g/mol. The van der Waals surface area contributed by atoms with Crippen molar-refractivity contribution in [3.63, 3.8) is 0 Å². The van der Waals surface area contributed by atoms with Crippen LogP contribution in [0.15, 0.2) is 42.6 Å². The number of rotatable bonds is 4. The monoisotopic (exact) mass is 369 g/mol. The number of pyridine rings is 1. The summed E-state index contributed by atoms with van der Waals surface area (Å²) in [5.74, 6) is 1.02. The molecule has 0 saturated heterocycles. The van der Waals surface area contributed by atoms with E-state index in [-0.39, 0.29) is 11.0 Å². The van der Waals surface area contributed by atoms with Crippen LogP contribution >= 0.6 is 11.6 Å². The molecule has 0 radical (unpaired) electrons. The minimum absolute atomic E-state index is 0.0692. The van der Waals surface area contributed by atoms with E-state index in [1.165, 1.54) is 5.56 Å². The van der Waals surface area contributed by atoms with E-state index in [0.29, 0.717) is 0 Å². The molecule has 138 valence electrons. The average Bonchev–Trinajstić information content (AvgIpc) is 2.82. The molecule has 1 aromatic carbocycles. The van der Waals surface area contributed by atoms with E-state index in [0.717, 1.165) is 34.2 Å². The summed E-state index contributed by atoms with van der Waals surface area (Å²) in [6.45, 7) is 13.4. The zero-order valence-electron chi connectivity index (χ0n) is 16.5. The fraction of sp³-hybridized carbons (Fsp3) is 0.409. The third-order valence-corrected chi connectivity index (χ3v) is 4.58. The first-order valence-electron chi connectivity index (χ1n) is 9.07. The normalized spacial score (nSPS) is 12.6.